The van der Waals surface area contributed by atoms with Crippen LogP contribution in [0.2, 0.25) is 0 Å². The van der Waals surface area contributed by atoms with Crippen LogP contribution in [0.5, 0.6) is 5.75 Å². The highest BCUT2D eigenvalue weighted by Crippen LogP contribution is 2.35. The molecule has 0 aromatic heterocycles. The number of hydrogen-bond donors (Lipinski definition) is 0. The minimum absolute atomic E-state index is 0.264. The van der Waals surface area contributed by atoms with Gasteiger partial charge >= 0.3 is 6.18 Å². The minimum Gasteiger partial charge on any atom is -0.490 e. The second-order valence-corrected chi connectivity index (χ2v) is 5.04. The lowest BCUT2D eigenvalue weighted by molar-refractivity contribution is -0.143. The zero-order valence-corrected chi connectivity index (χ0v) is 11.4. The molecule has 0 unspecified atom stereocenters. The largest absolute Gasteiger partial charge is 0.490 e. The van der Waals surface area contributed by atoms with Gasteiger partial charge in [-0.3, -0.25) is 4.79 Å². The fourth-order valence-corrected chi connectivity index (χ4v) is 2.18. The molecule has 1 aliphatic heterocycles. The average molecular weight is 338 g/mol. The van der Waals surface area contributed by atoms with E-state index in [4.69, 9.17) is 4.74 Å². The molecule has 19 heavy (non-hydrogen) atoms. The molecule has 3 nitrogen and oxygen atoms in total. The van der Waals surface area contributed by atoms with Gasteiger partial charge < -0.3 is 9.64 Å². The van der Waals surface area contributed by atoms with Gasteiger partial charge in [-0.15, -0.1) is 0 Å². The summed E-state index contributed by atoms with van der Waals surface area (Å²) in [6.07, 6.45) is -5.97. The van der Waals surface area contributed by atoms with Crippen LogP contribution >= 0.6 is 15.9 Å². The number of halogens is 4. The smallest absolute Gasteiger partial charge is 0.389 e. The van der Waals surface area contributed by atoms with Crippen molar-refractivity contribution in [3.05, 3.63) is 22.7 Å². The topological polar surface area (TPSA) is 29.5 Å². The molecule has 0 spiro atoms. The minimum atomic E-state index is -4.32. The summed E-state index contributed by atoms with van der Waals surface area (Å²) >= 11 is 3.26. The predicted octanol–water partition coefficient (Wildman–Crippen LogP) is 3.52. The van der Waals surface area contributed by atoms with Crippen molar-refractivity contribution in [2.45, 2.75) is 19.0 Å². The second-order valence-electron chi connectivity index (χ2n) is 4.12. The van der Waals surface area contributed by atoms with Crippen LogP contribution in [0.1, 0.15) is 12.8 Å². The maximum absolute atomic E-state index is 12.1. The standard InChI is InChI=1S/C12H11BrF3NO2/c13-8-1-2-10-9(7-8)17(5-6-19-10)11(18)3-4-12(14,15)16/h1-2,7H,3-6H2. The Morgan fingerprint density at radius 3 is 2.84 bits per heavy atom. The van der Waals surface area contributed by atoms with Gasteiger partial charge in [-0.2, -0.15) is 13.2 Å². The molecule has 0 fully saturated rings. The summed E-state index contributed by atoms with van der Waals surface area (Å²) in [5, 5.41) is 0. The van der Waals surface area contributed by atoms with Gasteiger partial charge in [-0.05, 0) is 18.2 Å². The number of alkyl halides is 3. The van der Waals surface area contributed by atoms with Crippen molar-refractivity contribution >= 4 is 27.5 Å². The molecule has 0 bridgehead atoms. The Morgan fingerprint density at radius 1 is 1.42 bits per heavy atom. The van der Waals surface area contributed by atoms with Gasteiger partial charge in [0.15, 0.2) is 0 Å². The first-order chi connectivity index (χ1) is 8.87. The Morgan fingerprint density at radius 2 is 2.16 bits per heavy atom. The van der Waals surface area contributed by atoms with E-state index >= 15 is 0 Å². The molecule has 1 aliphatic rings. The maximum Gasteiger partial charge on any atom is 0.389 e. The quantitative estimate of drug-likeness (QED) is 0.826. The summed E-state index contributed by atoms with van der Waals surface area (Å²) in [7, 11) is 0. The fraction of sp³-hybridized carbons (Fsp3) is 0.417. The second kappa shape index (κ2) is 5.40. The van der Waals surface area contributed by atoms with E-state index < -0.39 is 24.9 Å². The molecule has 0 radical (unpaired) electrons. The van der Waals surface area contributed by atoms with Crippen LogP contribution in [0.25, 0.3) is 0 Å². The molecule has 1 heterocycles. The van der Waals surface area contributed by atoms with Crippen molar-refractivity contribution in [1.29, 1.82) is 0 Å². The third-order valence-corrected chi connectivity index (χ3v) is 3.20. The molecule has 2 rings (SSSR count). The predicted molar refractivity (Wildman–Crippen MR) is 67.3 cm³/mol. The van der Waals surface area contributed by atoms with Crippen LogP contribution in [0.15, 0.2) is 22.7 Å². The average Bonchev–Trinajstić information content (AvgIpc) is 2.34. The molecular weight excluding hydrogens is 327 g/mol. The normalized spacial score (nSPS) is 14.8. The lowest BCUT2D eigenvalue weighted by Gasteiger charge is -2.29. The van der Waals surface area contributed by atoms with Crippen LogP contribution in [-0.4, -0.2) is 25.2 Å². The Kier molecular flexibility index (Phi) is 4.03. The van der Waals surface area contributed by atoms with Crippen molar-refractivity contribution in [2.75, 3.05) is 18.1 Å². The highest BCUT2D eigenvalue weighted by molar-refractivity contribution is 9.10. The van der Waals surface area contributed by atoms with Crippen molar-refractivity contribution in [1.82, 2.24) is 0 Å². The van der Waals surface area contributed by atoms with Gasteiger partial charge in [0.2, 0.25) is 5.91 Å². The van der Waals surface area contributed by atoms with Gasteiger partial charge in [0.25, 0.3) is 0 Å². The van der Waals surface area contributed by atoms with E-state index in [1.165, 1.54) is 4.90 Å². The third kappa shape index (κ3) is 3.62. The van der Waals surface area contributed by atoms with Gasteiger partial charge in [0.05, 0.1) is 18.7 Å². The van der Waals surface area contributed by atoms with E-state index in [0.29, 0.717) is 11.4 Å². The van der Waals surface area contributed by atoms with Crippen LogP contribution in [0.4, 0.5) is 18.9 Å². The Bertz CT molecular complexity index is 490. The van der Waals surface area contributed by atoms with Crippen molar-refractivity contribution in [3.8, 4) is 5.75 Å². The summed E-state index contributed by atoms with van der Waals surface area (Å²) in [6, 6.07) is 5.10. The van der Waals surface area contributed by atoms with Gasteiger partial charge in [-0.1, -0.05) is 15.9 Å². The summed E-state index contributed by atoms with van der Waals surface area (Å²) < 4.78 is 42.5. The van der Waals surface area contributed by atoms with E-state index in [2.05, 4.69) is 15.9 Å². The molecule has 0 saturated carbocycles. The Hall–Kier alpha value is -1.24. The Labute approximate surface area is 116 Å². The number of amides is 1. The molecule has 0 N–H and O–H groups in total. The lowest BCUT2D eigenvalue weighted by Crippen LogP contribution is -2.38. The van der Waals surface area contributed by atoms with Crippen LogP contribution in [-0.2, 0) is 4.79 Å². The summed E-state index contributed by atoms with van der Waals surface area (Å²) in [5.74, 6) is -0.0326. The summed E-state index contributed by atoms with van der Waals surface area (Å²) in [5.41, 5.74) is 0.507. The number of hydrogen-bond acceptors (Lipinski definition) is 2. The van der Waals surface area contributed by atoms with Crippen molar-refractivity contribution < 1.29 is 22.7 Å². The zero-order chi connectivity index (χ0) is 14.0. The van der Waals surface area contributed by atoms with E-state index in [1.807, 2.05) is 0 Å². The monoisotopic (exact) mass is 337 g/mol. The molecule has 7 heteroatoms. The fourth-order valence-electron chi connectivity index (χ4n) is 1.83. The van der Waals surface area contributed by atoms with Gasteiger partial charge in [-0.25, -0.2) is 0 Å². The highest BCUT2D eigenvalue weighted by Gasteiger charge is 2.31. The molecular formula is C12H11BrF3NO2. The van der Waals surface area contributed by atoms with E-state index in [0.717, 1.165) is 4.47 Å². The number of rotatable bonds is 2. The number of nitrogens with zero attached hydrogens (tertiary/aromatic N) is 1. The number of ether oxygens (including phenoxy) is 1. The maximum atomic E-state index is 12.1. The molecule has 1 aromatic carbocycles. The van der Waals surface area contributed by atoms with Gasteiger partial charge in [0.1, 0.15) is 12.4 Å². The van der Waals surface area contributed by atoms with E-state index in [9.17, 15) is 18.0 Å². The first-order valence-electron chi connectivity index (χ1n) is 5.66. The number of carbonyl (C=O) groups excluding carboxylic acids is 1. The molecule has 0 saturated heterocycles. The first kappa shape index (κ1) is 14.2. The van der Waals surface area contributed by atoms with E-state index in [-0.39, 0.29) is 13.2 Å². The first-order valence-corrected chi connectivity index (χ1v) is 6.45. The lowest BCUT2D eigenvalue weighted by atomic mass is 10.2. The SMILES string of the molecule is O=C(CCC(F)(F)F)N1CCOc2ccc(Br)cc21. The molecule has 1 amide bonds. The number of anilines is 1. The van der Waals surface area contributed by atoms with Crippen LogP contribution < -0.4 is 9.64 Å². The zero-order valence-electron chi connectivity index (χ0n) is 9.84. The molecule has 0 aliphatic carbocycles. The van der Waals surface area contributed by atoms with Crippen molar-refractivity contribution in [2.24, 2.45) is 0 Å². The number of fused-ring (bicyclic) bond motifs is 1. The van der Waals surface area contributed by atoms with Crippen LogP contribution in [0, 0.1) is 0 Å². The molecule has 104 valence electrons. The number of carbonyl (C=O) groups is 1. The van der Waals surface area contributed by atoms with Gasteiger partial charge in [0, 0.05) is 10.9 Å². The van der Waals surface area contributed by atoms with E-state index in [1.54, 1.807) is 18.2 Å². The third-order valence-electron chi connectivity index (χ3n) is 2.71. The summed E-state index contributed by atoms with van der Waals surface area (Å²) in [6.45, 7) is 0.548. The molecule has 1 aromatic rings. The Balaban J connectivity index is 2.14. The van der Waals surface area contributed by atoms with Crippen molar-refractivity contribution in [3.63, 3.8) is 0 Å². The summed E-state index contributed by atoms with van der Waals surface area (Å²) in [4.78, 5) is 13.2. The number of benzene rings is 1. The van der Waals surface area contributed by atoms with Crippen LogP contribution in [0.3, 0.4) is 0 Å². The highest BCUT2D eigenvalue weighted by atomic mass is 79.9. The molecule has 0 atom stereocenters.